The van der Waals surface area contributed by atoms with Crippen LogP contribution in [-0.4, -0.2) is 30.6 Å². The average Bonchev–Trinajstić information content (AvgIpc) is 2.41. The molecule has 1 saturated heterocycles. The van der Waals surface area contributed by atoms with Crippen LogP contribution in [0.3, 0.4) is 0 Å². The van der Waals surface area contributed by atoms with Gasteiger partial charge in [0.25, 0.3) is 0 Å². The van der Waals surface area contributed by atoms with Crippen LogP contribution in [0, 0.1) is 5.92 Å². The van der Waals surface area contributed by atoms with Gasteiger partial charge in [-0.25, -0.2) is 0 Å². The smallest absolute Gasteiger partial charge is 0.0453 e. The van der Waals surface area contributed by atoms with Gasteiger partial charge >= 0.3 is 0 Å². The van der Waals surface area contributed by atoms with Crippen molar-refractivity contribution in [3.05, 3.63) is 34.9 Å². The summed E-state index contributed by atoms with van der Waals surface area (Å²) in [7, 11) is 0. The van der Waals surface area contributed by atoms with Crippen LogP contribution in [0.5, 0.6) is 0 Å². The number of hydrogen-bond acceptors (Lipinski definition) is 2. The van der Waals surface area contributed by atoms with Gasteiger partial charge in [0.2, 0.25) is 0 Å². The van der Waals surface area contributed by atoms with Crippen LogP contribution >= 0.6 is 11.6 Å². The average molecular weight is 295 g/mol. The minimum atomic E-state index is 0.324. The van der Waals surface area contributed by atoms with Crippen molar-refractivity contribution in [1.82, 2.24) is 10.2 Å². The summed E-state index contributed by atoms with van der Waals surface area (Å²) in [6.07, 6.45) is 2.48. The van der Waals surface area contributed by atoms with Crippen molar-refractivity contribution >= 4 is 11.6 Å². The predicted octanol–water partition coefficient (Wildman–Crippen LogP) is 4.11. The summed E-state index contributed by atoms with van der Waals surface area (Å²) in [4.78, 5) is 2.59. The number of rotatable bonds is 5. The summed E-state index contributed by atoms with van der Waals surface area (Å²) in [5.74, 6) is 0.765. The fourth-order valence-electron chi connectivity index (χ4n) is 3.07. The number of hydrogen-bond donors (Lipinski definition) is 1. The van der Waals surface area contributed by atoms with Crippen molar-refractivity contribution in [2.75, 3.05) is 19.6 Å². The SMILES string of the molecule is CC(C)CN1CCC(NC(C)c2ccccc2Cl)CC1. The molecule has 1 aromatic rings. The first-order valence-electron chi connectivity index (χ1n) is 7.79. The molecule has 20 heavy (non-hydrogen) atoms. The Labute approximate surface area is 128 Å². The molecule has 2 rings (SSSR count). The van der Waals surface area contributed by atoms with E-state index >= 15 is 0 Å². The summed E-state index contributed by atoms with van der Waals surface area (Å²) >= 11 is 6.27. The van der Waals surface area contributed by atoms with Crippen molar-refractivity contribution < 1.29 is 0 Å². The highest BCUT2D eigenvalue weighted by Crippen LogP contribution is 2.24. The van der Waals surface area contributed by atoms with E-state index in [1.165, 1.54) is 38.0 Å². The Kier molecular flexibility index (Phi) is 5.88. The zero-order valence-electron chi connectivity index (χ0n) is 12.9. The van der Waals surface area contributed by atoms with Crippen molar-refractivity contribution in [1.29, 1.82) is 0 Å². The number of nitrogens with zero attached hydrogens (tertiary/aromatic N) is 1. The number of benzene rings is 1. The molecule has 0 radical (unpaired) electrons. The highest BCUT2D eigenvalue weighted by molar-refractivity contribution is 6.31. The third-order valence-electron chi connectivity index (χ3n) is 4.07. The number of nitrogens with one attached hydrogen (secondary N) is 1. The fraction of sp³-hybridized carbons (Fsp3) is 0.647. The predicted molar refractivity (Wildman–Crippen MR) is 87.3 cm³/mol. The molecule has 2 nitrogen and oxygen atoms in total. The second-order valence-corrected chi connectivity index (χ2v) is 6.79. The molecule has 112 valence electrons. The van der Waals surface area contributed by atoms with E-state index in [9.17, 15) is 0 Å². The second-order valence-electron chi connectivity index (χ2n) is 6.38. The molecular weight excluding hydrogens is 268 g/mol. The first kappa shape index (κ1) is 15.8. The van der Waals surface area contributed by atoms with Gasteiger partial charge in [-0.1, -0.05) is 43.6 Å². The van der Waals surface area contributed by atoms with Crippen molar-refractivity contribution in [2.24, 2.45) is 5.92 Å². The topological polar surface area (TPSA) is 15.3 Å². The van der Waals surface area contributed by atoms with E-state index in [0.717, 1.165) is 10.9 Å². The van der Waals surface area contributed by atoms with Gasteiger partial charge in [-0.15, -0.1) is 0 Å². The van der Waals surface area contributed by atoms with Crippen LogP contribution in [0.1, 0.15) is 45.2 Å². The lowest BCUT2D eigenvalue weighted by atomic mass is 10.0. The van der Waals surface area contributed by atoms with Gasteiger partial charge in [0.05, 0.1) is 0 Å². The van der Waals surface area contributed by atoms with Gasteiger partial charge in [0, 0.05) is 23.7 Å². The Morgan fingerprint density at radius 1 is 1.20 bits per heavy atom. The lowest BCUT2D eigenvalue weighted by Gasteiger charge is -2.35. The Hall–Kier alpha value is -0.570. The molecule has 0 aromatic heterocycles. The number of likely N-dealkylation sites (tertiary alicyclic amines) is 1. The molecule has 1 unspecified atom stereocenters. The molecule has 0 spiro atoms. The summed E-state index contributed by atoms with van der Waals surface area (Å²) in [6, 6.07) is 9.08. The van der Waals surface area contributed by atoms with Crippen LogP contribution in [0.2, 0.25) is 5.02 Å². The molecule has 3 heteroatoms. The standard InChI is InChI=1S/C17H27ClN2/c1-13(2)12-20-10-8-15(9-11-20)19-14(3)16-6-4-5-7-17(16)18/h4-7,13-15,19H,8-12H2,1-3H3. The summed E-state index contributed by atoms with van der Waals surface area (Å²) in [6.45, 7) is 10.5. The lowest BCUT2D eigenvalue weighted by molar-refractivity contribution is 0.175. The van der Waals surface area contributed by atoms with Gasteiger partial charge in [-0.2, -0.15) is 0 Å². The van der Waals surface area contributed by atoms with Crippen LogP contribution in [0.4, 0.5) is 0 Å². The second kappa shape index (κ2) is 7.44. The molecule has 1 aromatic carbocycles. The van der Waals surface area contributed by atoms with E-state index in [1.54, 1.807) is 0 Å². The molecule has 0 saturated carbocycles. The van der Waals surface area contributed by atoms with Crippen molar-refractivity contribution in [3.8, 4) is 0 Å². The maximum absolute atomic E-state index is 6.27. The van der Waals surface area contributed by atoms with Crippen molar-refractivity contribution in [2.45, 2.75) is 45.7 Å². The van der Waals surface area contributed by atoms with Crippen LogP contribution in [0.15, 0.2) is 24.3 Å². The molecule has 0 amide bonds. The van der Waals surface area contributed by atoms with Crippen LogP contribution in [0.25, 0.3) is 0 Å². The molecule has 0 aliphatic carbocycles. The van der Waals surface area contributed by atoms with Gasteiger partial charge < -0.3 is 10.2 Å². The fourth-order valence-corrected chi connectivity index (χ4v) is 3.37. The van der Waals surface area contributed by atoms with E-state index in [1.807, 2.05) is 12.1 Å². The lowest BCUT2D eigenvalue weighted by Crippen LogP contribution is -2.44. The van der Waals surface area contributed by atoms with Gasteiger partial charge in [-0.05, 0) is 50.4 Å². The van der Waals surface area contributed by atoms with Gasteiger partial charge in [0.1, 0.15) is 0 Å². The van der Waals surface area contributed by atoms with Gasteiger partial charge in [0.15, 0.2) is 0 Å². The molecule has 0 bridgehead atoms. The van der Waals surface area contributed by atoms with E-state index in [0.29, 0.717) is 12.1 Å². The summed E-state index contributed by atoms with van der Waals surface area (Å²) in [5, 5.41) is 4.60. The van der Waals surface area contributed by atoms with E-state index in [4.69, 9.17) is 11.6 Å². The number of halogens is 1. The van der Waals surface area contributed by atoms with Crippen LogP contribution in [-0.2, 0) is 0 Å². The first-order valence-corrected chi connectivity index (χ1v) is 8.17. The third kappa shape index (κ3) is 4.47. The zero-order valence-corrected chi connectivity index (χ0v) is 13.7. The van der Waals surface area contributed by atoms with Gasteiger partial charge in [-0.3, -0.25) is 0 Å². The van der Waals surface area contributed by atoms with Crippen molar-refractivity contribution in [3.63, 3.8) is 0 Å². The van der Waals surface area contributed by atoms with Crippen LogP contribution < -0.4 is 5.32 Å². The van der Waals surface area contributed by atoms with E-state index in [-0.39, 0.29) is 0 Å². The maximum atomic E-state index is 6.27. The molecule has 1 atom stereocenters. The summed E-state index contributed by atoms with van der Waals surface area (Å²) < 4.78 is 0. The molecular formula is C17H27ClN2. The molecule has 1 fully saturated rings. The molecule has 1 aliphatic heterocycles. The minimum absolute atomic E-state index is 0.324. The Balaban J connectivity index is 1.82. The molecule has 1 N–H and O–H groups in total. The molecule has 1 aliphatic rings. The largest absolute Gasteiger partial charge is 0.307 e. The highest BCUT2D eigenvalue weighted by atomic mass is 35.5. The Bertz CT molecular complexity index is 411. The van der Waals surface area contributed by atoms with E-state index in [2.05, 4.69) is 43.1 Å². The van der Waals surface area contributed by atoms with E-state index < -0.39 is 0 Å². The third-order valence-corrected chi connectivity index (χ3v) is 4.41. The summed E-state index contributed by atoms with van der Waals surface area (Å²) in [5.41, 5.74) is 1.21. The minimum Gasteiger partial charge on any atom is -0.307 e. The maximum Gasteiger partial charge on any atom is 0.0453 e. The normalized spacial score (nSPS) is 19.4. The zero-order chi connectivity index (χ0) is 14.5. The highest BCUT2D eigenvalue weighted by Gasteiger charge is 2.21. The quantitative estimate of drug-likeness (QED) is 0.879. The Morgan fingerprint density at radius 2 is 1.85 bits per heavy atom. The first-order chi connectivity index (χ1) is 9.56. The Morgan fingerprint density at radius 3 is 2.45 bits per heavy atom. The molecule has 1 heterocycles. The number of piperidine rings is 1. The monoisotopic (exact) mass is 294 g/mol.